The standard InChI is InChI=1S/C36H40BrClN6O3/c1-36(2,3)47-35(46)44-18-17-42(33-30-12-11-29(38)20-26(30)9-10-27-19-28(37)21-40-32(27)33)23-31(44)34(45)43(16-15-41-14-13-39-24-41)22-25-7-5-4-6-8-25/h4-8,11-14,19-21,24,31,33H,9-10,15-18,22-23H2,1-3H3/t31-,33-/m1/s1. The molecule has 47 heavy (non-hydrogen) atoms. The summed E-state index contributed by atoms with van der Waals surface area (Å²) in [6, 6.07) is 17.2. The molecule has 1 aliphatic heterocycles. The van der Waals surface area contributed by atoms with Crippen LogP contribution in [0.2, 0.25) is 5.02 Å². The number of hydrogen-bond acceptors (Lipinski definition) is 6. The number of pyridine rings is 1. The molecule has 2 amide bonds. The molecular formula is C36H40BrClN6O3. The Balaban J connectivity index is 1.38. The lowest BCUT2D eigenvalue weighted by Crippen LogP contribution is -2.62. The molecule has 0 unspecified atom stereocenters. The molecule has 0 spiro atoms. The largest absolute Gasteiger partial charge is 0.444 e. The number of aromatic nitrogens is 3. The van der Waals surface area contributed by atoms with Gasteiger partial charge in [0.2, 0.25) is 5.91 Å². The van der Waals surface area contributed by atoms with Crippen molar-refractivity contribution in [3.05, 3.63) is 117 Å². The molecule has 2 aromatic carbocycles. The van der Waals surface area contributed by atoms with Crippen molar-refractivity contribution in [3.8, 4) is 0 Å². The van der Waals surface area contributed by atoms with Crippen LogP contribution in [0.25, 0.3) is 0 Å². The minimum Gasteiger partial charge on any atom is -0.444 e. The summed E-state index contributed by atoms with van der Waals surface area (Å²) in [5.41, 5.74) is 4.72. The number of carbonyl (C=O) groups excluding carboxylic acids is 2. The molecule has 3 heterocycles. The van der Waals surface area contributed by atoms with Gasteiger partial charge in [-0.15, -0.1) is 0 Å². The second-order valence-electron chi connectivity index (χ2n) is 13.2. The van der Waals surface area contributed by atoms with Crippen molar-refractivity contribution in [2.24, 2.45) is 0 Å². The van der Waals surface area contributed by atoms with Crippen LogP contribution in [-0.4, -0.2) is 79.1 Å². The van der Waals surface area contributed by atoms with Gasteiger partial charge in [0.25, 0.3) is 0 Å². The number of piperazine rings is 1. The first-order chi connectivity index (χ1) is 22.6. The summed E-state index contributed by atoms with van der Waals surface area (Å²) in [5.74, 6) is -0.126. The molecule has 6 rings (SSSR count). The quantitative estimate of drug-likeness (QED) is 0.216. The van der Waals surface area contributed by atoms with E-state index >= 15 is 0 Å². The van der Waals surface area contributed by atoms with Gasteiger partial charge in [-0.25, -0.2) is 9.78 Å². The average molecular weight is 720 g/mol. The number of imidazole rings is 1. The van der Waals surface area contributed by atoms with Crippen molar-refractivity contribution >= 4 is 39.5 Å². The number of amides is 2. The van der Waals surface area contributed by atoms with E-state index < -0.39 is 17.7 Å². The van der Waals surface area contributed by atoms with Gasteiger partial charge in [-0.05, 0) is 90.0 Å². The van der Waals surface area contributed by atoms with E-state index in [4.69, 9.17) is 21.3 Å². The Labute approximate surface area is 289 Å². The third-order valence-electron chi connectivity index (χ3n) is 8.70. The summed E-state index contributed by atoms with van der Waals surface area (Å²) in [6.07, 6.45) is 8.37. The predicted octanol–water partition coefficient (Wildman–Crippen LogP) is 6.53. The molecular weight excluding hydrogens is 680 g/mol. The van der Waals surface area contributed by atoms with Crippen molar-refractivity contribution in [3.63, 3.8) is 0 Å². The fraction of sp³-hybridized carbons (Fsp3) is 0.389. The van der Waals surface area contributed by atoms with Crippen molar-refractivity contribution in [1.29, 1.82) is 0 Å². The minimum atomic E-state index is -0.775. The summed E-state index contributed by atoms with van der Waals surface area (Å²) in [5, 5.41) is 0.694. The van der Waals surface area contributed by atoms with E-state index in [1.807, 2.05) is 85.1 Å². The minimum absolute atomic E-state index is 0.126. The second-order valence-corrected chi connectivity index (χ2v) is 14.5. The lowest BCUT2D eigenvalue weighted by Gasteiger charge is -2.45. The maximum atomic E-state index is 14.8. The zero-order valence-electron chi connectivity index (χ0n) is 27.0. The van der Waals surface area contributed by atoms with Gasteiger partial charge in [-0.2, -0.15) is 0 Å². The number of aryl methyl sites for hydroxylation is 2. The van der Waals surface area contributed by atoms with Gasteiger partial charge in [-0.3, -0.25) is 19.6 Å². The molecule has 0 N–H and O–H groups in total. The Bertz CT molecular complexity index is 1660. The highest BCUT2D eigenvalue weighted by Crippen LogP contribution is 2.39. The molecule has 0 saturated carbocycles. The Hall–Kier alpha value is -3.73. The number of fused-ring (bicyclic) bond motifs is 2. The molecule has 2 aromatic heterocycles. The Morgan fingerprint density at radius 3 is 2.60 bits per heavy atom. The highest BCUT2D eigenvalue weighted by Gasteiger charge is 2.43. The zero-order valence-corrected chi connectivity index (χ0v) is 29.3. The predicted molar refractivity (Wildman–Crippen MR) is 185 cm³/mol. The van der Waals surface area contributed by atoms with Crippen LogP contribution >= 0.6 is 27.5 Å². The molecule has 246 valence electrons. The van der Waals surface area contributed by atoms with Crippen LogP contribution in [0.1, 0.15) is 54.8 Å². The van der Waals surface area contributed by atoms with E-state index in [1.165, 1.54) is 5.56 Å². The number of halogens is 2. The summed E-state index contributed by atoms with van der Waals surface area (Å²) in [7, 11) is 0. The van der Waals surface area contributed by atoms with E-state index in [1.54, 1.807) is 17.4 Å². The molecule has 0 radical (unpaired) electrons. The van der Waals surface area contributed by atoms with Crippen LogP contribution in [0.15, 0.2) is 84.0 Å². The maximum Gasteiger partial charge on any atom is 0.411 e. The lowest BCUT2D eigenvalue weighted by molar-refractivity contribution is -0.140. The van der Waals surface area contributed by atoms with Crippen LogP contribution in [0, 0.1) is 0 Å². The molecule has 9 nitrogen and oxygen atoms in total. The SMILES string of the molecule is CC(C)(C)OC(=O)N1CCN([C@@H]2c3ccc(Cl)cc3CCc3cc(Br)cnc32)C[C@@H]1C(=O)N(CCn1ccnc1)Cc1ccccc1. The molecule has 1 fully saturated rings. The summed E-state index contributed by atoms with van der Waals surface area (Å²) in [4.78, 5) is 43.4. The van der Waals surface area contributed by atoms with Gasteiger partial charge in [0.15, 0.2) is 0 Å². The number of carbonyl (C=O) groups is 2. The van der Waals surface area contributed by atoms with Gasteiger partial charge in [0.1, 0.15) is 11.6 Å². The van der Waals surface area contributed by atoms with E-state index in [0.29, 0.717) is 44.3 Å². The number of nitrogens with zero attached hydrogens (tertiary/aromatic N) is 6. The third-order valence-corrected chi connectivity index (χ3v) is 9.36. The third kappa shape index (κ3) is 7.88. The van der Waals surface area contributed by atoms with Gasteiger partial charge in [0.05, 0.1) is 18.1 Å². The monoisotopic (exact) mass is 718 g/mol. The second kappa shape index (κ2) is 14.2. The van der Waals surface area contributed by atoms with E-state index in [2.05, 4.69) is 37.9 Å². The number of benzene rings is 2. The highest BCUT2D eigenvalue weighted by molar-refractivity contribution is 9.10. The highest BCUT2D eigenvalue weighted by atomic mass is 79.9. The van der Waals surface area contributed by atoms with Crippen LogP contribution in [0.5, 0.6) is 0 Å². The molecule has 0 bridgehead atoms. The molecule has 11 heteroatoms. The molecule has 4 aromatic rings. The first-order valence-corrected chi connectivity index (χ1v) is 17.2. The molecule has 2 aliphatic rings. The van der Waals surface area contributed by atoms with E-state index in [-0.39, 0.29) is 11.9 Å². The fourth-order valence-electron chi connectivity index (χ4n) is 6.51. The van der Waals surface area contributed by atoms with Crippen molar-refractivity contribution in [1.82, 2.24) is 29.2 Å². The van der Waals surface area contributed by atoms with E-state index in [9.17, 15) is 9.59 Å². The smallest absolute Gasteiger partial charge is 0.411 e. The van der Waals surface area contributed by atoms with Crippen molar-refractivity contribution < 1.29 is 14.3 Å². The summed E-state index contributed by atoms with van der Waals surface area (Å²) < 4.78 is 8.75. The Morgan fingerprint density at radius 1 is 1.06 bits per heavy atom. The zero-order chi connectivity index (χ0) is 33.1. The van der Waals surface area contributed by atoms with Crippen LogP contribution in [-0.2, 0) is 35.5 Å². The summed E-state index contributed by atoms with van der Waals surface area (Å²) in [6.45, 7) is 8.17. The fourth-order valence-corrected chi connectivity index (χ4v) is 7.08. The van der Waals surface area contributed by atoms with Crippen LogP contribution < -0.4 is 0 Å². The topological polar surface area (TPSA) is 83.8 Å². The van der Waals surface area contributed by atoms with Gasteiger partial charge >= 0.3 is 6.09 Å². The molecule has 2 atom stereocenters. The number of rotatable bonds is 7. The van der Waals surface area contributed by atoms with E-state index in [0.717, 1.165) is 39.7 Å². The number of ether oxygens (including phenoxy) is 1. The Morgan fingerprint density at radius 2 is 1.85 bits per heavy atom. The van der Waals surface area contributed by atoms with Crippen molar-refractivity contribution in [2.45, 2.75) is 64.4 Å². The van der Waals surface area contributed by atoms with Gasteiger partial charge in [-0.1, -0.05) is 48.0 Å². The maximum absolute atomic E-state index is 14.8. The normalized spacial score (nSPS) is 18.2. The van der Waals surface area contributed by atoms with Gasteiger partial charge in [0, 0.05) is 67.4 Å². The van der Waals surface area contributed by atoms with Gasteiger partial charge < -0.3 is 14.2 Å². The van der Waals surface area contributed by atoms with Crippen molar-refractivity contribution in [2.75, 3.05) is 26.2 Å². The first kappa shape index (κ1) is 33.2. The molecule has 1 saturated heterocycles. The average Bonchev–Trinajstić information content (AvgIpc) is 3.51. The number of hydrogen-bond donors (Lipinski definition) is 0. The van der Waals surface area contributed by atoms with Crippen LogP contribution in [0.3, 0.4) is 0 Å². The summed E-state index contributed by atoms with van der Waals surface area (Å²) >= 11 is 10.1. The Kier molecular flexibility index (Phi) is 10.0. The molecule has 1 aliphatic carbocycles. The lowest BCUT2D eigenvalue weighted by atomic mass is 9.95. The first-order valence-electron chi connectivity index (χ1n) is 16.0. The van der Waals surface area contributed by atoms with Crippen LogP contribution in [0.4, 0.5) is 4.79 Å².